The van der Waals surface area contributed by atoms with Gasteiger partial charge >= 0.3 is 0 Å². The molecule has 2 rings (SSSR count). The second kappa shape index (κ2) is 9.14. The van der Waals surface area contributed by atoms with Crippen molar-refractivity contribution in [3.63, 3.8) is 0 Å². The minimum absolute atomic E-state index is 0.103. The molecule has 0 spiro atoms. The van der Waals surface area contributed by atoms with Crippen molar-refractivity contribution >= 4 is 27.5 Å². The molecular formula is C18H27N3O4S. The van der Waals surface area contributed by atoms with Crippen LogP contribution in [0.1, 0.15) is 31.2 Å². The number of sulfonamides is 1. The first-order valence-electron chi connectivity index (χ1n) is 8.85. The van der Waals surface area contributed by atoms with E-state index in [0.717, 1.165) is 17.5 Å². The Balaban J connectivity index is 2.03. The van der Waals surface area contributed by atoms with E-state index in [4.69, 9.17) is 0 Å². The average molecular weight is 381 g/mol. The number of carbonyl (C=O) groups excluding carboxylic acids is 2. The van der Waals surface area contributed by atoms with Gasteiger partial charge in [0.25, 0.3) is 0 Å². The van der Waals surface area contributed by atoms with Gasteiger partial charge in [0.15, 0.2) is 0 Å². The molecule has 2 N–H and O–H groups in total. The van der Waals surface area contributed by atoms with Crippen LogP contribution in [0, 0.1) is 12.8 Å². The molecule has 8 heteroatoms. The summed E-state index contributed by atoms with van der Waals surface area (Å²) in [6, 6.07) is 7.56. The molecule has 1 aliphatic heterocycles. The first kappa shape index (κ1) is 20.4. The van der Waals surface area contributed by atoms with Crippen LogP contribution in [0.4, 0.5) is 5.69 Å². The second-order valence-corrected chi connectivity index (χ2v) is 8.73. The van der Waals surface area contributed by atoms with Crippen LogP contribution in [0.3, 0.4) is 0 Å². The standard InChI is InChI=1S/C18H27N3O4S/c1-14-5-7-16(8-6-14)20-18(23)15-4-3-12-21(26(2,24)25)13-10-17(22)19-11-9-15/h5-8,15H,3-4,9-13H2,1-2H3,(H,19,22)(H,20,23). The lowest BCUT2D eigenvalue weighted by Gasteiger charge is -2.20. The van der Waals surface area contributed by atoms with Crippen LogP contribution >= 0.6 is 0 Å². The minimum Gasteiger partial charge on any atom is -0.356 e. The molecule has 1 saturated heterocycles. The third-order valence-corrected chi connectivity index (χ3v) is 5.83. The molecule has 26 heavy (non-hydrogen) atoms. The van der Waals surface area contributed by atoms with E-state index in [1.165, 1.54) is 4.31 Å². The van der Waals surface area contributed by atoms with E-state index in [2.05, 4.69) is 10.6 Å². The Morgan fingerprint density at radius 1 is 1.19 bits per heavy atom. The van der Waals surface area contributed by atoms with Gasteiger partial charge in [0, 0.05) is 37.7 Å². The molecule has 1 heterocycles. The molecule has 0 aliphatic carbocycles. The summed E-state index contributed by atoms with van der Waals surface area (Å²) in [5, 5.41) is 5.68. The number of rotatable bonds is 3. The fraction of sp³-hybridized carbons (Fsp3) is 0.556. The molecule has 1 atom stereocenters. The molecule has 2 amide bonds. The Hall–Kier alpha value is -1.93. The molecule has 0 radical (unpaired) electrons. The van der Waals surface area contributed by atoms with Gasteiger partial charge in [-0.1, -0.05) is 17.7 Å². The normalized spacial score (nSPS) is 20.7. The monoisotopic (exact) mass is 381 g/mol. The van der Waals surface area contributed by atoms with Crippen molar-refractivity contribution in [3.05, 3.63) is 29.8 Å². The zero-order chi connectivity index (χ0) is 19.2. The van der Waals surface area contributed by atoms with E-state index in [1.54, 1.807) is 0 Å². The van der Waals surface area contributed by atoms with E-state index < -0.39 is 10.0 Å². The van der Waals surface area contributed by atoms with Gasteiger partial charge in [0.1, 0.15) is 0 Å². The van der Waals surface area contributed by atoms with E-state index in [9.17, 15) is 18.0 Å². The smallest absolute Gasteiger partial charge is 0.227 e. The number of aryl methyl sites for hydroxylation is 1. The number of amides is 2. The first-order valence-corrected chi connectivity index (χ1v) is 10.7. The zero-order valence-corrected chi connectivity index (χ0v) is 16.1. The maximum absolute atomic E-state index is 12.6. The van der Waals surface area contributed by atoms with Crippen LogP contribution in [-0.2, 0) is 19.6 Å². The van der Waals surface area contributed by atoms with E-state index in [1.807, 2.05) is 31.2 Å². The van der Waals surface area contributed by atoms with Crippen LogP contribution in [0.15, 0.2) is 24.3 Å². The van der Waals surface area contributed by atoms with Crippen LogP contribution in [0.25, 0.3) is 0 Å². The molecular weight excluding hydrogens is 354 g/mol. The fourth-order valence-electron chi connectivity index (χ4n) is 2.95. The summed E-state index contributed by atoms with van der Waals surface area (Å²) in [4.78, 5) is 24.5. The molecule has 7 nitrogen and oxygen atoms in total. The number of nitrogens with zero attached hydrogens (tertiary/aromatic N) is 1. The van der Waals surface area contributed by atoms with Crippen molar-refractivity contribution in [2.75, 3.05) is 31.2 Å². The maximum atomic E-state index is 12.6. The van der Waals surface area contributed by atoms with Gasteiger partial charge in [-0.05, 0) is 38.3 Å². The summed E-state index contributed by atoms with van der Waals surface area (Å²) in [7, 11) is -3.37. The lowest BCUT2D eigenvalue weighted by atomic mass is 9.98. The molecule has 0 saturated carbocycles. The highest BCUT2D eigenvalue weighted by Crippen LogP contribution is 2.17. The van der Waals surface area contributed by atoms with E-state index in [0.29, 0.717) is 32.4 Å². The summed E-state index contributed by atoms with van der Waals surface area (Å²) < 4.78 is 25.0. The van der Waals surface area contributed by atoms with Crippen molar-refractivity contribution in [3.8, 4) is 0 Å². The molecule has 1 aromatic carbocycles. The van der Waals surface area contributed by atoms with Crippen LogP contribution in [-0.4, -0.2) is 50.4 Å². The van der Waals surface area contributed by atoms with Crippen molar-refractivity contribution in [1.29, 1.82) is 0 Å². The topological polar surface area (TPSA) is 95.6 Å². The SMILES string of the molecule is Cc1ccc(NC(=O)C2CCCN(S(C)(=O)=O)CCC(=O)NCC2)cc1. The molecule has 1 unspecified atom stereocenters. The van der Waals surface area contributed by atoms with Gasteiger partial charge in [-0.2, -0.15) is 0 Å². The summed E-state index contributed by atoms with van der Waals surface area (Å²) in [5.41, 5.74) is 1.85. The van der Waals surface area contributed by atoms with Crippen LogP contribution in [0.5, 0.6) is 0 Å². The molecule has 144 valence electrons. The summed E-state index contributed by atoms with van der Waals surface area (Å²) in [5.74, 6) is -0.581. The van der Waals surface area contributed by atoms with Gasteiger partial charge in [-0.15, -0.1) is 0 Å². The second-order valence-electron chi connectivity index (χ2n) is 6.75. The summed E-state index contributed by atoms with van der Waals surface area (Å²) in [6.45, 7) is 2.88. The Morgan fingerprint density at radius 3 is 2.54 bits per heavy atom. The number of anilines is 1. The van der Waals surface area contributed by atoms with Crippen molar-refractivity contribution < 1.29 is 18.0 Å². The predicted octanol–water partition coefficient (Wildman–Crippen LogP) is 1.50. The van der Waals surface area contributed by atoms with Gasteiger partial charge in [-0.25, -0.2) is 12.7 Å². The van der Waals surface area contributed by atoms with Gasteiger partial charge in [-0.3, -0.25) is 9.59 Å². The zero-order valence-electron chi connectivity index (χ0n) is 15.3. The minimum atomic E-state index is -3.37. The third-order valence-electron chi connectivity index (χ3n) is 4.52. The predicted molar refractivity (Wildman–Crippen MR) is 101 cm³/mol. The molecule has 1 aliphatic rings. The first-order chi connectivity index (χ1) is 12.3. The Bertz CT molecular complexity index is 731. The average Bonchev–Trinajstić information content (AvgIpc) is 2.60. The highest BCUT2D eigenvalue weighted by atomic mass is 32.2. The van der Waals surface area contributed by atoms with Crippen molar-refractivity contribution in [2.45, 2.75) is 32.6 Å². The Labute approximate surface area is 155 Å². The quantitative estimate of drug-likeness (QED) is 0.829. The largest absolute Gasteiger partial charge is 0.356 e. The summed E-state index contributed by atoms with van der Waals surface area (Å²) in [6.07, 6.45) is 2.95. The number of hydrogen-bond acceptors (Lipinski definition) is 4. The Morgan fingerprint density at radius 2 is 1.88 bits per heavy atom. The number of benzene rings is 1. The van der Waals surface area contributed by atoms with Gasteiger partial charge in [0.05, 0.1) is 6.26 Å². The number of hydrogen-bond donors (Lipinski definition) is 2. The Kier molecular flexibility index (Phi) is 7.16. The molecule has 0 aromatic heterocycles. The molecule has 0 bridgehead atoms. The lowest BCUT2D eigenvalue weighted by molar-refractivity contribution is -0.122. The van der Waals surface area contributed by atoms with Gasteiger partial charge in [0.2, 0.25) is 21.8 Å². The highest BCUT2D eigenvalue weighted by Gasteiger charge is 2.23. The van der Waals surface area contributed by atoms with Crippen LogP contribution in [0.2, 0.25) is 0 Å². The number of carbonyl (C=O) groups is 2. The number of nitrogens with one attached hydrogen (secondary N) is 2. The highest BCUT2D eigenvalue weighted by molar-refractivity contribution is 7.88. The molecule has 1 fully saturated rings. The van der Waals surface area contributed by atoms with Crippen LogP contribution < -0.4 is 10.6 Å². The van der Waals surface area contributed by atoms with Crippen molar-refractivity contribution in [2.24, 2.45) is 5.92 Å². The van der Waals surface area contributed by atoms with E-state index in [-0.39, 0.29) is 30.7 Å². The maximum Gasteiger partial charge on any atom is 0.227 e. The molecule has 1 aromatic rings. The fourth-order valence-corrected chi connectivity index (χ4v) is 3.83. The van der Waals surface area contributed by atoms with Gasteiger partial charge < -0.3 is 10.6 Å². The third kappa shape index (κ3) is 6.42. The van der Waals surface area contributed by atoms with E-state index >= 15 is 0 Å². The van der Waals surface area contributed by atoms with Crippen molar-refractivity contribution in [1.82, 2.24) is 9.62 Å². The summed E-state index contributed by atoms with van der Waals surface area (Å²) >= 11 is 0. The lowest BCUT2D eigenvalue weighted by Crippen LogP contribution is -2.35.